The molecule has 0 radical (unpaired) electrons. The van der Waals surface area contributed by atoms with Crippen LogP contribution in [0.2, 0.25) is 0 Å². The summed E-state index contributed by atoms with van der Waals surface area (Å²) in [6.45, 7) is 0.574. The second-order valence-corrected chi connectivity index (χ2v) is 5.26. The highest BCUT2D eigenvalue weighted by Crippen LogP contribution is 2.48. The summed E-state index contributed by atoms with van der Waals surface area (Å²) in [6.07, 6.45) is -6.68. The van der Waals surface area contributed by atoms with Crippen LogP contribution in [-0.4, -0.2) is 48.8 Å². The maximum absolute atomic E-state index is 13.1. The Hall–Kier alpha value is -1.62. The summed E-state index contributed by atoms with van der Waals surface area (Å²) in [6, 6.07) is 0. The lowest BCUT2D eigenvalue weighted by Gasteiger charge is -2.31. The van der Waals surface area contributed by atoms with E-state index in [1.807, 2.05) is 0 Å². The van der Waals surface area contributed by atoms with Crippen LogP contribution in [-0.2, 0) is 19.1 Å². The number of carbonyl (C=O) groups is 2. The Morgan fingerprint density at radius 1 is 0.920 bits per heavy atom. The largest absolute Gasteiger partial charge is 0.463 e. The van der Waals surface area contributed by atoms with Crippen LogP contribution in [0.1, 0.15) is 33.1 Å². The molecule has 4 nitrogen and oxygen atoms in total. The zero-order valence-corrected chi connectivity index (χ0v) is 13.1. The van der Waals surface area contributed by atoms with Gasteiger partial charge in [0.25, 0.3) is 0 Å². The van der Waals surface area contributed by atoms with Crippen molar-refractivity contribution in [3.63, 3.8) is 0 Å². The Morgan fingerprint density at radius 3 is 1.84 bits per heavy atom. The third kappa shape index (κ3) is 6.31. The lowest BCUT2D eigenvalue weighted by Crippen LogP contribution is -2.59. The third-order valence-electron chi connectivity index (χ3n) is 2.70. The number of halogens is 8. The average Bonchev–Trinajstić information content (AvgIpc) is 2.43. The highest BCUT2D eigenvalue weighted by atomic mass is 19.4. The molecule has 0 aromatic heterocycles. The summed E-state index contributed by atoms with van der Waals surface area (Å²) in [5.41, 5.74) is 0. The quantitative estimate of drug-likeness (QED) is 0.422. The van der Waals surface area contributed by atoms with Gasteiger partial charge < -0.3 is 9.47 Å². The summed E-state index contributed by atoms with van der Waals surface area (Å²) in [7, 11) is 0. The molecule has 0 atom stereocenters. The van der Waals surface area contributed by atoms with Crippen molar-refractivity contribution >= 4 is 11.9 Å². The molecule has 0 saturated carbocycles. The molecule has 148 valence electrons. The molecule has 12 heteroatoms. The number of hydrogen-bond donors (Lipinski definition) is 0. The van der Waals surface area contributed by atoms with Crippen LogP contribution >= 0.6 is 0 Å². The van der Waals surface area contributed by atoms with Gasteiger partial charge in [0.15, 0.2) is 6.61 Å². The van der Waals surface area contributed by atoms with E-state index in [4.69, 9.17) is 0 Å². The zero-order valence-electron chi connectivity index (χ0n) is 13.1. The maximum atomic E-state index is 13.1. The van der Waals surface area contributed by atoms with Crippen LogP contribution in [0, 0.1) is 0 Å². The minimum Gasteiger partial charge on any atom is -0.463 e. The first-order valence-corrected chi connectivity index (χ1v) is 6.92. The maximum Gasteiger partial charge on any atom is 0.381 e. The van der Waals surface area contributed by atoms with E-state index in [9.17, 15) is 44.7 Å². The molecule has 0 unspecified atom stereocenters. The SMILES string of the molecule is CC(C)OC(=O)CCCC(=O)OCC(F)(F)C(F)(F)C(F)(F)C(F)F. The van der Waals surface area contributed by atoms with E-state index < -0.39 is 55.3 Å². The number of rotatable bonds is 10. The summed E-state index contributed by atoms with van der Waals surface area (Å²) in [5.74, 6) is -20.7. The van der Waals surface area contributed by atoms with Gasteiger partial charge in [-0.15, -0.1) is 0 Å². The van der Waals surface area contributed by atoms with E-state index in [1.54, 1.807) is 13.8 Å². The van der Waals surface area contributed by atoms with Gasteiger partial charge in [0, 0.05) is 12.8 Å². The fourth-order valence-electron chi connectivity index (χ4n) is 1.41. The fourth-order valence-corrected chi connectivity index (χ4v) is 1.41. The van der Waals surface area contributed by atoms with E-state index in [0.29, 0.717) is 0 Å². The molecule has 0 N–H and O–H groups in total. The van der Waals surface area contributed by atoms with Gasteiger partial charge >= 0.3 is 36.1 Å². The van der Waals surface area contributed by atoms with E-state index in [1.165, 1.54) is 0 Å². The first kappa shape index (κ1) is 23.4. The molecule has 0 amide bonds. The number of esters is 2. The fraction of sp³-hybridized carbons (Fsp3) is 0.846. The molecule has 0 heterocycles. The van der Waals surface area contributed by atoms with Crippen molar-refractivity contribution in [3.8, 4) is 0 Å². The Bertz CT molecular complexity index is 465. The lowest BCUT2D eigenvalue weighted by molar-refractivity contribution is -0.344. The standard InChI is InChI=1S/C13H16F8O4/c1-7(2)25-9(23)5-3-4-8(22)24-6-11(16,17)13(20,21)12(18,19)10(14)15/h7,10H,3-6H2,1-2H3. The Labute approximate surface area is 137 Å². The average molecular weight is 388 g/mol. The molecule has 0 spiro atoms. The van der Waals surface area contributed by atoms with Gasteiger partial charge in [-0.05, 0) is 20.3 Å². The van der Waals surface area contributed by atoms with E-state index in [-0.39, 0.29) is 12.8 Å². The molecular formula is C13H16F8O4. The van der Waals surface area contributed by atoms with E-state index in [0.717, 1.165) is 0 Å². The van der Waals surface area contributed by atoms with Crippen molar-refractivity contribution in [2.24, 2.45) is 0 Å². The topological polar surface area (TPSA) is 52.6 Å². The van der Waals surface area contributed by atoms with Gasteiger partial charge in [-0.2, -0.15) is 26.3 Å². The van der Waals surface area contributed by atoms with Gasteiger partial charge in [0.1, 0.15) is 0 Å². The van der Waals surface area contributed by atoms with E-state index >= 15 is 0 Å². The van der Waals surface area contributed by atoms with Crippen molar-refractivity contribution in [1.82, 2.24) is 0 Å². The Morgan fingerprint density at radius 2 is 1.40 bits per heavy atom. The van der Waals surface area contributed by atoms with Crippen molar-refractivity contribution < 1.29 is 54.2 Å². The number of ether oxygens (including phenoxy) is 2. The predicted molar refractivity (Wildman–Crippen MR) is 66.9 cm³/mol. The van der Waals surface area contributed by atoms with Crippen molar-refractivity contribution in [2.45, 2.75) is 63.4 Å². The van der Waals surface area contributed by atoms with Crippen LogP contribution in [0.5, 0.6) is 0 Å². The lowest BCUT2D eigenvalue weighted by atomic mass is 10.1. The summed E-state index contributed by atoms with van der Waals surface area (Å²) in [4.78, 5) is 22.2. The van der Waals surface area contributed by atoms with Gasteiger partial charge in [-0.1, -0.05) is 0 Å². The second-order valence-electron chi connectivity index (χ2n) is 5.26. The monoisotopic (exact) mass is 388 g/mol. The summed E-state index contributed by atoms with van der Waals surface area (Å²) in [5, 5.41) is 0. The van der Waals surface area contributed by atoms with Gasteiger partial charge in [0.05, 0.1) is 6.10 Å². The molecule has 0 fully saturated rings. The van der Waals surface area contributed by atoms with Crippen LogP contribution < -0.4 is 0 Å². The summed E-state index contributed by atoms with van der Waals surface area (Å²) < 4.78 is 109. The second kappa shape index (κ2) is 8.65. The predicted octanol–water partition coefficient (Wildman–Crippen LogP) is 3.82. The minimum atomic E-state index is -6.44. The normalized spacial score (nSPS) is 13.3. The third-order valence-corrected chi connectivity index (χ3v) is 2.70. The van der Waals surface area contributed by atoms with Crippen molar-refractivity contribution in [3.05, 3.63) is 0 Å². The molecule has 0 rings (SSSR count). The molecule has 0 aliphatic carbocycles. The van der Waals surface area contributed by atoms with Crippen LogP contribution in [0.3, 0.4) is 0 Å². The first-order chi connectivity index (χ1) is 11.1. The number of hydrogen-bond acceptors (Lipinski definition) is 4. The Kier molecular flexibility index (Phi) is 8.09. The van der Waals surface area contributed by atoms with E-state index in [2.05, 4.69) is 9.47 Å². The first-order valence-electron chi connectivity index (χ1n) is 6.92. The highest BCUT2D eigenvalue weighted by Gasteiger charge is 2.75. The van der Waals surface area contributed by atoms with Crippen LogP contribution in [0.25, 0.3) is 0 Å². The molecule has 0 saturated heterocycles. The zero-order chi connectivity index (χ0) is 20.1. The van der Waals surface area contributed by atoms with Crippen LogP contribution in [0.4, 0.5) is 35.1 Å². The summed E-state index contributed by atoms with van der Waals surface area (Å²) >= 11 is 0. The van der Waals surface area contributed by atoms with Gasteiger partial charge in [-0.25, -0.2) is 8.78 Å². The molecular weight excluding hydrogens is 372 g/mol. The number of alkyl halides is 8. The molecule has 0 aliphatic rings. The smallest absolute Gasteiger partial charge is 0.381 e. The van der Waals surface area contributed by atoms with Gasteiger partial charge in [0.2, 0.25) is 0 Å². The van der Waals surface area contributed by atoms with Crippen LogP contribution in [0.15, 0.2) is 0 Å². The number of carbonyl (C=O) groups excluding carboxylic acids is 2. The molecule has 0 bridgehead atoms. The van der Waals surface area contributed by atoms with Crippen molar-refractivity contribution in [2.75, 3.05) is 6.61 Å². The molecule has 0 aromatic rings. The minimum absolute atomic E-state index is 0.237. The molecule has 25 heavy (non-hydrogen) atoms. The van der Waals surface area contributed by atoms with Gasteiger partial charge in [-0.3, -0.25) is 9.59 Å². The van der Waals surface area contributed by atoms with Crippen molar-refractivity contribution in [1.29, 1.82) is 0 Å². The molecule has 0 aliphatic heterocycles. The molecule has 0 aromatic carbocycles. The Balaban J connectivity index is 4.54. The highest BCUT2D eigenvalue weighted by molar-refractivity contribution is 5.72.